The van der Waals surface area contributed by atoms with Gasteiger partial charge in [0.05, 0.1) is 12.2 Å². The first-order chi connectivity index (χ1) is 5.90. The van der Waals surface area contributed by atoms with E-state index in [4.69, 9.17) is 9.84 Å². The predicted octanol–water partition coefficient (Wildman–Crippen LogP) is 1.96. The molecule has 0 spiro atoms. The number of fused-ring (bicyclic) bond motifs is 1. The van der Waals surface area contributed by atoms with Crippen molar-refractivity contribution < 1.29 is 9.84 Å². The summed E-state index contributed by atoms with van der Waals surface area (Å²) >= 11 is 0. The van der Waals surface area contributed by atoms with Crippen LogP contribution in [0.2, 0.25) is 0 Å². The SMILES string of the molecule is CCCCC1CC2OC2C1.CO. The predicted molar refractivity (Wildman–Crippen MR) is 49.1 cm³/mol. The van der Waals surface area contributed by atoms with Crippen molar-refractivity contribution in [3.05, 3.63) is 0 Å². The van der Waals surface area contributed by atoms with Crippen molar-refractivity contribution in [1.82, 2.24) is 0 Å². The van der Waals surface area contributed by atoms with E-state index in [1.807, 2.05) is 0 Å². The third kappa shape index (κ3) is 2.46. The van der Waals surface area contributed by atoms with Crippen LogP contribution in [0.4, 0.5) is 0 Å². The highest BCUT2D eigenvalue weighted by Gasteiger charge is 2.47. The maximum atomic E-state index is 7.00. The first-order valence-electron chi connectivity index (χ1n) is 5.00. The van der Waals surface area contributed by atoms with Crippen LogP contribution in [0.1, 0.15) is 39.0 Å². The van der Waals surface area contributed by atoms with E-state index < -0.39 is 0 Å². The molecule has 0 radical (unpaired) electrons. The monoisotopic (exact) mass is 172 g/mol. The van der Waals surface area contributed by atoms with Gasteiger partial charge in [-0.1, -0.05) is 26.2 Å². The number of ether oxygens (including phenoxy) is 1. The molecule has 2 fully saturated rings. The molecule has 0 aromatic rings. The van der Waals surface area contributed by atoms with Crippen LogP contribution in [0.3, 0.4) is 0 Å². The second-order valence-electron chi connectivity index (χ2n) is 3.69. The standard InChI is InChI=1S/C9H16O.CH4O/c1-2-3-4-7-5-8-9(6-7)10-8;1-2/h7-9H,2-6H2,1H3;2H,1H3. The van der Waals surface area contributed by atoms with Gasteiger partial charge in [-0.05, 0) is 18.8 Å². The van der Waals surface area contributed by atoms with Crippen LogP contribution in [-0.2, 0) is 4.74 Å². The summed E-state index contributed by atoms with van der Waals surface area (Å²) in [7, 11) is 1.00. The number of aliphatic hydroxyl groups excluding tert-OH is 1. The summed E-state index contributed by atoms with van der Waals surface area (Å²) in [5, 5.41) is 7.00. The molecule has 72 valence electrons. The van der Waals surface area contributed by atoms with Gasteiger partial charge in [0.25, 0.3) is 0 Å². The largest absolute Gasteiger partial charge is 0.400 e. The van der Waals surface area contributed by atoms with Gasteiger partial charge in [0.15, 0.2) is 0 Å². The Morgan fingerprint density at radius 1 is 1.25 bits per heavy atom. The van der Waals surface area contributed by atoms with Gasteiger partial charge in [-0.15, -0.1) is 0 Å². The summed E-state index contributed by atoms with van der Waals surface area (Å²) in [6.45, 7) is 2.27. The topological polar surface area (TPSA) is 32.8 Å². The van der Waals surface area contributed by atoms with Gasteiger partial charge < -0.3 is 9.84 Å². The van der Waals surface area contributed by atoms with Crippen LogP contribution in [0, 0.1) is 5.92 Å². The normalized spacial score (nSPS) is 36.8. The Bertz CT molecular complexity index is 115. The lowest BCUT2D eigenvalue weighted by Crippen LogP contribution is -1.98. The fourth-order valence-electron chi connectivity index (χ4n) is 2.08. The summed E-state index contributed by atoms with van der Waals surface area (Å²) in [5.74, 6) is 1.02. The van der Waals surface area contributed by atoms with Crippen molar-refractivity contribution in [2.75, 3.05) is 7.11 Å². The molecule has 2 unspecified atom stereocenters. The summed E-state index contributed by atoms with van der Waals surface area (Å²) in [6, 6.07) is 0. The molecular formula is C10H20O2. The molecule has 0 bridgehead atoms. The zero-order valence-corrected chi connectivity index (χ0v) is 8.12. The third-order valence-corrected chi connectivity index (χ3v) is 2.78. The Hall–Kier alpha value is -0.0800. The Balaban J connectivity index is 0.000000336. The van der Waals surface area contributed by atoms with Gasteiger partial charge in [-0.25, -0.2) is 0 Å². The molecule has 2 rings (SSSR count). The molecule has 1 N–H and O–H groups in total. The van der Waals surface area contributed by atoms with E-state index in [1.54, 1.807) is 0 Å². The van der Waals surface area contributed by atoms with Gasteiger partial charge in [-0.3, -0.25) is 0 Å². The fourth-order valence-corrected chi connectivity index (χ4v) is 2.08. The smallest absolute Gasteiger partial charge is 0.0844 e. The lowest BCUT2D eigenvalue weighted by molar-refractivity contribution is 0.263. The second-order valence-corrected chi connectivity index (χ2v) is 3.69. The van der Waals surface area contributed by atoms with Crippen molar-refractivity contribution in [1.29, 1.82) is 0 Å². The average molecular weight is 172 g/mol. The summed E-state index contributed by atoms with van der Waals surface area (Å²) in [5.41, 5.74) is 0. The minimum atomic E-state index is 0.696. The molecular weight excluding hydrogens is 152 g/mol. The molecule has 1 saturated carbocycles. The fraction of sp³-hybridized carbons (Fsp3) is 1.00. The maximum absolute atomic E-state index is 7.00. The van der Waals surface area contributed by atoms with Crippen molar-refractivity contribution in [3.8, 4) is 0 Å². The molecule has 1 saturated heterocycles. The molecule has 1 aliphatic heterocycles. The van der Waals surface area contributed by atoms with Crippen molar-refractivity contribution in [2.24, 2.45) is 5.92 Å². The number of hydrogen-bond acceptors (Lipinski definition) is 2. The Labute approximate surface area is 74.9 Å². The van der Waals surface area contributed by atoms with Crippen molar-refractivity contribution >= 4 is 0 Å². The number of hydrogen-bond donors (Lipinski definition) is 1. The quantitative estimate of drug-likeness (QED) is 0.660. The second kappa shape index (κ2) is 4.83. The summed E-state index contributed by atoms with van der Waals surface area (Å²) in [6.07, 6.45) is 8.35. The number of unbranched alkanes of at least 4 members (excludes halogenated alkanes) is 1. The van der Waals surface area contributed by atoms with Gasteiger partial charge in [0.1, 0.15) is 0 Å². The van der Waals surface area contributed by atoms with Gasteiger partial charge in [0.2, 0.25) is 0 Å². The van der Waals surface area contributed by atoms with Gasteiger partial charge >= 0.3 is 0 Å². The lowest BCUT2D eigenvalue weighted by atomic mass is 10.0. The summed E-state index contributed by atoms with van der Waals surface area (Å²) in [4.78, 5) is 0. The van der Waals surface area contributed by atoms with E-state index in [-0.39, 0.29) is 0 Å². The highest BCUT2D eigenvalue weighted by atomic mass is 16.6. The minimum absolute atomic E-state index is 0.696. The molecule has 2 atom stereocenters. The zero-order chi connectivity index (χ0) is 8.97. The van der Waals surface area contributed by atoms with E-state index in [0.29, 0.717) is 12.2 Å². The molecule has 2 heteroatoms. The molecule has 0 aromatic carbocycles. The van der Waals surface area contributed by atoms with Crippen LogP contribution in [0.25, 0.3) is 0 Å². The number of rotatable bonds is 3. The first-order valence-corrected chi connectivity index (χ1v) is 5.00. The lowest BCUT2D eigenvalue weighted by Gasteiger charge is -2.08. The first kappa shape index (κ1) is 10.0. The molecule has 2 aliphatic rings. The molecule has 0 aromatic heterocycles. The van der Waals surface area contributed by atoms with Crippen molar-refractivity contribution in [2.45, 2.75) is 51.2 Å². The van der Waals surface area contributed by atoms with Crippen LogP contribution < -0.4 is 0 Å². The van der Waals surface area contributed by atoms with Crippen LogP contribution in [0.15, 0.2) is 0 Å². The van der Waals surface area contributed by atoms with E-state index in [9.17, 15) is 0 Å². The van der Waals surface area contributed by atoms with E-state index >= 15 is 0 Å². The highest BCUT2D eigenvalue weighted by Crippen LogP contribution is 2.43. The van der Waals surface area contributed by atoms with Gasteiger partial charge in [-0.2, -0.15) is 0 Å². The minimum Gasteiger partial charge on any atom is -0.400 e. The van der Waals surface area contributed by atoms with Crippen LogP contribution in [-0.4, -0.2) is 24.4 Å². The number of aliphatic hydroxyl groups is 1. The highest BCUT2D eigenvalue weighted by molar-refractivity contribution is 4.95. The number of epoxide rings is 1. The molecule has 1 aliphatic carbocycles. The molecule has 12 heavy (non-hydrogen) atoms. The van der Waals surface area contributed by atoms with Gasteiger partial charge in [0, 0.05) is 7.11 Å². The van der Waals surface area contributed by atoms with Crippen molar-refractivity contribution in [3.63, 3.8) is 0 Å². The Morgan fingerprint density at radius 2 is 1.83 bits per heavy atom. The van der Waals surface area contributed by atoms with Crippen LogP contribution in [0.5, 0.6) is 0 Å². The van der Waals surface area contributed by atoms with Crippen LogP contribution >= 0.6 is 0 Å². The third-order valence-electron chi connectivity index (χ3n) is 2.78. The van der Waals surface area contributed by atoms with E-state index in [1.165, 1.54) is 32.1 Å². The summed E-state index contributed by atoms with van der Waals surface area (Å²) < 4.78 is 5.36. The molecule has 0 amide bonds. The molecule has 2 nitrogen and oxygen atoms in total. The zero-order valence-electron chi connectivity index (χ0n) is 8.12. The van der Waals surface area contributed by atoms with E-state index in [2.05, 4.69) is 6.92 Å². The average Bonchev–Trinajstić information content (AvgIpc) is 2.74. The Kier molecular flexibility index (Phi) is 4.02. The maximum Gasteiger partial charge on any atom is 0.0844 e. The molecule has 1 heterocycles. The Morgan fingerprint density at radius 3 is 2.33 bits per heavy atom. The van der Waals surface area contributed by atoms with E-state index in [0.717, 1.165) is 13.0 Å².